The summed E-state index contributed by atoms with van der Waals surface area (Å²) in [4.78, 5) is 2.41. The number of anilines is 1. The molecular formula is C15H20NO2. The molecule has 1 aromatic carbocycles. The van der Waals surface area contributed by atoms with Crippen LogP contribution < -0.4 is 4.90 Å². The normalized spacial score (nSPS) is 23.3. The molecule has 97 valence electrons. The van der Waals surface area contributed by atoms with Gasteiger partial charge in [-0.15, -0.1) is 0 Å². The smallest absolute Gasteiger partial charge is 0.194 e. The van der Waals surface area contributed by atoms with E-state index in [2.05, 4.69) is 17.0 Å². The maximum Gasteiger partial charge on any atom is 0.194 e. The molecule has 3 heteroatoms. The fourth-order valence-corrected chi connectivity index (χ4v) is 2.84. The van der Waals surface area contributed by atoms with E-state index in [1.807, 2.05) is 19.1 Å². The predicted molar refractivity (Wildman–Crippen MR) is 70.6 cm³/mol. The van der Waals surface area contributed by atoms with Gasteiger partial charge in [0.05, 0.1) is 18.9 Å². The first-order valence-electron chi connectivity index (χ1n) is 6.84. The molecule has 1 aromatic rings. The number of rotatable bonds is 2. The van der Waals surface area contributed by atoms with E-state index < -0.39 is 5.79 Å². The van der Waals surface area contributed by atoms with Crippen molar-refractivity contribution >= 4 is 5.69 Å². The summed E-state index contributed by atoms with van der Waals surface area (Å²) < 4.78 is 11.6. The molecule has 2 heterocycles. The number of hydrogen-bond donors (Lipinski definition) is 0. The fraction of sp³-hybridized carbons (Fsp3) is 0.600. The molecule has 1 radical (unpaired) electrons. The molecule has 3 nitrogen and oxygen atoms in total. The van der Waals surface area contributed by atoms with Crippen LogP contribution in [0.1, 0.15) is 31.7 Å². The summed E-state index contributed by atoms with van der Waals surface area (Å²) in [5.41, 5.74) is 2.27. The molecule has 0 saturated carbocycles. The predicted octanol–water partition coefficient (Wildman–Crippen LogP) is 2.70. The highest BCUT2D eigenvalue weighted by Gasteiger charge is 2.36. The monoisotopic (exact) mass is 246 g/mol. The van der Waals surface area contributed by atoms with Gasteiger partial charge in [-0.2, -0.15) is 0 Å². The number of ether oxygens (including phenoxy) is 2. The zero-order chi connectivity index (χ0) is 12.4. The second kappa shape index (κ2) is 4.90. The van der Waals surface area contributed by atoms with Gasteiger partial charge < -0.3 is 14.4 Å². The van der Waals surface area contributed by atoms with E-state index in [1.54, 1.807) is 0 Å². The maximum absolute atomic E-state index is 5.79. The third-order valence-corrected chi connectivity index (χ3v) is 3.83. The lowest BCUT2D eigenvalue weighted by Crippen LogP contribution is -2.33. The molecular weight excluding hydrogens is 226 g/mol. The van der Waals surface area contributed by atoms with Crippen molar-refractivity contribution in [3.05, 3.63) is 29.8 Å². The molecule has 2 fully saturated rings. The molecule has 0 unspecified atom stereocenters. The van der Waals surface area contributed by atoms with Crippen LogP contribution in [0.2, 0.25) is 0 Å². The second-order valence-electron chi connectivity index (χ2n) is 5.12. The average molecular weight is 246 g/mol. The van der Waals surface area contributed by atoms with E-state index in [4.69, 9.17) is 9.47 Å². The van der Waals surface area contributed by atoms with Crippen LogP contribution in [-0.4, -0.2) is 26.3 Å². The van der Waals surface area contributed by atoms with Gasteiger partial charge in [-0.05, 0) is 26.2 Å². The van der Waals surface area contributed by atoms with Crippen LogP contribution in [0.15, 0.2) is 18.2 Å². The number of benzene rings is 1. The Morgan fingerprint density at radius 2 is 1.89 bits per heavy atom. The van der Waals surface area contributed by atoms with Crippen molar-refractivity contribution in [3.8, 4) is 0 Å². The first-order chi connectivity index (χ1) is 8.80. The maximum atomic E-state index is 5.79. The molecule has 2 aliphatic rings. The third-order valence-electron chi connectivity index (χ3n) is 3.83. The minimum atomic E-state index is -0.593. The summed E-state index contributed by atoms with van der Waals surface area (Å²) in [5.74, 6) is -0.593. The van der Waals surface area contributed by atoms with Gasteiger partial charge in [-0.3, -0.25) is 0 Å². The molecule has 18 heavy (non-hydrogen) atoms. The highest BCUT2D eigenvalue weighted by molar-refractivity contribution is 5.55. The van der Waals surface area contributed by atoms with Crippen molar-refractivity contribution in [3.63, 3.8) is 0 Å². The topological polar surface area (TPSA) is 21.7 Å². The van der Waals surface area contributed by atoms with Crippen LogP contribution >= 0.6 is 0 Å². The first kappa shape index (κ1) is 12.0. The summed E-state index contributed by atoms with van der Waals surface area (Å²) in [6.45, 7) is 5.58. The van der Waals surface area contributed by atoms with Gasteiger partial charge in [0.2, 0.25) is 0 Å². The Morgan fingerprint density at radius 3 is 2.61 bits per heavy atom. The van der Waals surface area contributed by atoms with Crippen molar-refractivity contribution in [1.29, 1.82) is 0 Å². The first-order valence-corrected chi connectivity index (χ1v) is 6.84. The van der Waals surface area contributed by atoms with Crippen molar-refractivity contribution in [2.24, 2.45) is 0 Å². The zero-order valence-electron chi connectivity index (χ0n) is 10.9. The molecule has 0 spiro atoms. The van der Waals surface area contributed by atoms with Gasteiger partial charge >= 0.3 is 0 Å². The van der Waals surface area contributed by atoms with Gasteiger partial charge in [-0.25, -0.2) is 0 Å². The highest BCUT2D eigenvalue weighted by Crippen LogP contribution is 2.37. The van der Waals surface area contributed by atoms with E-state index in [0.717, 1.165) is 24.3 Å². The Kier molecular flexibility index (Phi) is 3.27. The zero-order valence-corrected chi connectivity index (χ0v) is 10.9. The number of piperidine rings is 1. The van der Waals surface area contributed by atoms with Gasteiger partial charge in [0, 0.05) is 24.7 Å². The van der Waals surface area contributed by atoms with Crippen LogP contribution in [0.3, 0.4) is 0 Å². The van der Waals surface area contributed by atoms with Gasteiger partial charge in [0.15, 0.2) is 5.79 Å². The van der Waals surface area contributed by atoms with Crippen LogP contribution in [0, 0.1) is 6.07 Å². The minimum Gasteiger partial charge on any atom is -0.371 e. The van der Waals surface area contributed by atoms with Crippen LogP contribution in [0.5, 0.6) is 0 Å². The van der Waals surface area contributed by atoms with Gasteiger partial charge in [0.25, 0.3) is 0 Å². The van der Waals surface area contributed by atoms with Crippen LogP contribution in [0.4, 0.5) is 5.69 Å². The Hall–Kier alpha value is -1.06. The van der Waals surface area contributed by atoms with E-state index in [0.29, 0.717) is 13.2 Å². The van der Waals surface area contributed by atoms with Crippen LogP contribution in [-0.2, 0) is 15.3 Å². The van der Waals surface area contributed by atoms with Gasteiger partial charge in [-0.1, -0.05) is 18.2 Å². The van der Waals surface area contributed by atoms with Crippen molar-refractivity contribution in [1.82, 2.24) is 0 Å². The van der Waals surface area contributed by atoms with E-state index >= 15 is 0 Å². The largest absolute Gasteiger partial charge is 0.371 e. The fourth-order valence-electron chi connectivity index (χ4n) is 2.84. The van der Waals surface area contributed by atoms with E-state index in [9.17, 15) is 0 Å². The standard InChI is InChI=1S/C15H20NO2/c1-15(17-11-12-18-15)13-7-3-4-8-14(13)16-9-5-2-6-10-16/h3-4,7H,2,5-6,9-12H2,1H3. The SMILES string of the molecule is CC1(c2ccc[c]c2N2CCCCC2)OCCO1. The molecule has 0 bridgehead atoms. The molecule has 0 N–H and O–H groups in total. The Balaban J connectivity index is 1.93. The minimum absolute atomic E-state index is 0.593. The molecule has 0 atom stereocenters. The molecule has 3 rings (SSSR count). The van der Waals surface area contributed by atoms with E-state index in [1.165, 1.54) is 19.3 Å². The van der Waals surface area contributed by atoms with E-state index in [-0.39, 0.29) is 0 Å². The van der Waals surface area contributed by atoms with Gasteiger partial charge in [0.1, 0.15) is 0 Å². The lowest BCUT2D eigenvalue weighted by atomic mass is 10.0. The Labute approximate surface area is 109 Å². The summed E-state index contributed by atoms with van der Waals surface area (Å²) in [6, 6.07) is 9.47. The Morgan fingerprint density at radius 1 is 1.17 bits per heavy atom. The quantitative estimate of drug-likeness (QED) is 0.801. The Bertz CT molecular complexity index is 407. The molecule has 0 amide bonds. The van der Waals surface area contributed by atoms with Crippen molar-refractivity contribution in [2.75, 3.05) is 31.2 Å². The average Bonchev–Trinajstić information content (AvgIpc) is 2.88. The summed E-state index contributed by atoms with van der Waals surface area (Å²) >= 11 is 0. The lowest BCUT2D eigenvalue weighted by Gasteiger charge is -2.34. The number of hydrogen-bond acceptors (Lipinski definition) is 3. The summed E-state index contributed by atoms with van der Waals surface area (Å²) in [6.07, 6.45) is 3.87. The number of para-hydroxylation sites is 1. The number of nitrogens with zero attached hydrogens (tertiary/aromatic N) is 1. The second-order valence-corrected chi connectivity index (χ2v) is 5.12. The molecule has 2 saturated heterocycles. The third kappa shape index (κ3) is 2.13. The molecule has 0 aromatic heterocycles. The molecule has 2 aliphatic heterocycles. The summed E-state index contributed by atoms with van der Waals surface area (Å²) in [7, 11) is 0. The van der Waals surface area contributed by atoms with Crippen molar-refractivity contribution in [2.45, 2.75) is 32.0 Å². The lowest BCUT2D eigenvalue weighted by molar-refractivity contribution is -0.149. The highest BCUT2D eigenvalue weighted by atomic mass is 16.7. The summed E-state index contributed by atoms with van der Waals surface area (Å²) in [5, 5.41) is 0. The van der Waals surface area contributed by atoms with Crippen LogP contribution in [0.25, 0.3) is 0 Å². The van der Waals surface area contributed by atoms with Crippen molar-refractivity contribution < 1.29 is 9.47 Å². The molecule has 0 aliphatic carbocycles.